The summed E-state index contributed by atoms with van der Waals surface area (Å²) < 4.78 is 0. The molecule has 0 saturated carbocycles. The Bertz CT molecular complexity index is 361. The molecule has 3 heteroatoms. The lowest BCUT2D eigenvalue weighted by atomic mass is 10.0. The first-order valence-electron chi connectivity index (χ1n) is 7.10. The lowest BCUT2D eigenvalue weighted by Gasteiger charge is -2.34. The Kier molecular flexibility index (Phi) is 4.72. The third-order valence-corrected chi connectivity index (χ3v) is 4.05. The molecule has 0 aromatic carbocycles. The van der Waals surface area contributed by atoms with Crippen LogP contribution in [0.4, 0.5) is 0 Å². The molecule has 1 aliphatic heterocycles. The maximum Gasteiger partial charge on any atom is 0.0488 e. The Morgan fingerprint density at radius 1 is 1.39 bits per heavy atom. The molecule has 1 aliphatic rings. The number of aryl methyl sites for hydroxylation is 1. The number of aromatic nitrogens is 1. The van der Waals surface area contributed by atoms with E-state index in [0.29, 0.717) is 18.6 Å². The fourth-order valence-electron chi connectivity index (χ4n) is 2.90. The quantitative estimate of drug-likeness (QED) is 0.893. The normalized spacial score (nSPS) is 23.6. The van der Waals surface area contributed by atoms with Gasteiger partial charge in [-0.05, 0) is 44.9 Å². The predicted molar refractivity (Wildman–Crippen MR) is 75.4 cm³/mol. The molecule has 1 aromatic heterocycles. The highest BCUT2D eigenvalue weighted by atomic mass is 15.2. The van der Waals surface area contributed by atoms with Crippen LogP contribution in [0.1, 0.15) is 49.9 Å². The molecule has 2 unspecified atom stereocenters. The van der Waals surface area contributed by atoms with E-state index in [0.717, 1.165) is 12.2 Å². The van der Waals surface area contributed by atoms with Crippen molar-refractivity contribution in [3.05, 3.63) is 29.6 Å². The number of hydrogen-bond donors (Lipinski definition) is 1. The number of nitrogens with two attached hydrogens (primary N) is 1. The van der Waals surface area contributed by atoms with Gasteiger partial charge in [0.15, 0.2) is 0 Å². The second-order valence-corrected chi connectivity index (χ2v) is 5.42. The molecule has 0 aliphatic carbocycles. The van der Waals surface area contributed by atoms with Crippen LogP contribution in [0.2, 0.25) is 0 Å². The third kappa shape index (κ3) is 3.09. The maximum absolute atomic E-state index is 6.02. The van der Waals surface area contributed by atoms with E-state index in [1.54, 1.807) is 0 Å². The SMILES string of the molecule is Cc1ccc(C(CN)N2CCCCCC2C)cn1. The summed E-state index contributed by atoms with van der Waals surface area (Å²) in [5.74, 6) is 0. The molecule has 18 heavy (non-hydrogen) atoms. The Hall–Kier alpha value is -0.930. The Balaban J connectivity index is 2.18. The monoisotopic (exact) mass is 247 g/mol. The van der Waals surface area contributed by atoms with Crippen molar-refractivity contribution < 1.29 is 0 Å². The van der Waals surface area contributed by atoms with E-state index in [1.807, 2.05) is 13.1 Å². The largest absolute Gasteiger partial charge is 0.329 e. The van der Waals surface area contributed by atoms with Crippen molar-refractivity contribution in [2.75, 3.05) is 13.1 Å². The molecule has 1 saturated heterocycles. The van der Waals surface area contributed by atoms with Gasteiger partial charge in [-0.1, -0.05) is 18.9 Å². The van der Waals surface area contributed by atoms with Crippen LogP contribution in [0.15, 0.2) is 18.3 Å². The highest BCUT2D eigenvalue weighted by Crippen LogP contribution is 2.26. The van der Waals surface area contributed by atoms with Gasteiger partial charge in [0.2, 0.25) is 0 Å². The molecule has 0 amide bonds. The van der Waals surface area contributed by atoms with Gasteiger partial charge in [-0.15, -0.1) is 0 Å². The van der Waals surface area contributed by atoms with Crippen molar-refractivity contribution in [1.82, 2.24) is 9.88 Å². The van der Waals surface area contributed by atoms with Gasteiger partial charge in [0.1, 0.15) is 0 Å². The summed E-state index contributed by atoms with van der Waals surface area (Å²) in [5.41, 5.74) is 8.35. The number of hydrogen-bond acceptors (Lipinski definition) is 3. The number of pyridine rings is 1. The Morgan fingerprint density at radius 3 is 2.89 bits per heavy atom. The van der Waals surface area contributed by atoms with Gasteiger partial charge < -0.3 is 5.73 Å². The summed E-state index contributed by atoms with van der Waals surface area (Å²) in [6.45, 7) is 6.19. The van der Waals surface area contributed by atoms with E-state index in [9.17, 15) is 0 Å². The van der Waals surface area contributed by atoms with E-state index in [-0.39, 0.29) is 0 Å². The third-order valence-electron chi connectivity index (χ3n) is 4.05. The van der Waals surface area contributed by atoms with Crippen molar-refractivity contribution >= 4 is 0 Å². The molecule has 1 fully saturated rings. The van der Waals surface area contributed by atoms with Gasteiger partial charge in [-0.2, -0.15) is 0 Å². The van der Waals surface area contributed by atoms with Crippen LogP contribution >= 0.6 is 0 Å². The zero-order chi connectivity index (χ0) is 13.0. The first-order valence-corrected chi connectivity index (χ1v) is 7.10. The van der Waals surface area contributed by atoms with Gasteiger partial charge in [0.25, 0.3) is 0 Å². The molecular formula is C15H25N3. The summed E-state index contributed by atoms with van der Waals surface area (Å²) in [7, 11) is 0. The highest BCUT2D eigenvalue weighted by molar-refractivity contribution is 5.18. The first kappa shape index (κ1) is 13.5. The van der Waals surface area contributed by atoms with Crippen molar-refractivity contribution in [3.8, 4) is 0 Å². The molecule has 100 valence electrons. The van der Waals surface area contributed by atoms with Crippen molar-refractivity contribution in [2.24, 2.45) is 5.73 Å². The summed E-state index contributed by atoms with van der Waals surface area (Å²) in [6, 6.07) is 5.21. The van der Waals surface area contributed by atoms with Crippen LogP contribution < -0.4 is 5.73 Å². The average Bonchev–Trinajstić information content (AvgIpc) is 2.58. The molecule has 0 spiro atoms. The molecule has 1 aromatic rings. The van der Waals surface area contributed by atoms with E-state index >= 15 is 0 Å². The van der Waals surface area contributed by atoms with Gasteiger partial charge in [0.05, 0.1) is 0 Å². The molecule has 0 radical (unpaired) electrons. The minimum Gasteiger partial charge on any atom is -0.329 e. The van der Waals surface area contributed by atoms with Gasteiger partial charge in [-0.25, -0.2) is 0 Å². The molecule has 2 atom stereocenters. The van der Waals surface area contributed by atoms with E-state index in [2.05, 4.69) is 28.9 Å². The number of nitrogens with zero attached hydrogens (tertiary/aromatic N) is 2. The fraction of sp³-hybridized carbons (Fsp3) is 0.667. The number of likely N-dealkylation sites (tertiary alicyclic amines) is 1. The zero-order valence-corrected chi connectivity index (χ0v) is 11.6. The van der Waals surface area contributed by atoms with Crippen LogP contribution in [0, 0.1) is 6.92 Å². The molecule has 2 rings (SSSR count). The van der Waals surface area contributed by atoms with E-state index in [4.69, 9.17) is 5.73 Å². The van der Waals surface area contributed by atoms with Crippen LogP contribution in [0.3, 0.4) is 0 Å². The van der Waals surface area contributed by atoms with Gasteiger partial charge >= 0.3 is 0 Å². The van der Waals surface area contributed by atoms with Crippen molar-refractivity contribution in [2.45, 2.75) is 51.6 Å². The minimum atomic E-state index is 0.325. The number of rotatable bonds is 3. The highest BCUT2D eigenvalue weighted by Gasteiger charge is 2.25. The Morgan fingerprint density at radius 2 is 2.22 bits per heavy atom. The lowest BCUT2D eigenvalue weighted by molar-refractivity contribution is 0.150. The van der Waals surface area contributed by atoms with Gasteiger partial charge in [0, 0.05) is 30.5 Å². The summed E-state index contributed by atoms with van der Waals surface area (Å²) in [5, 5.41) is 0. The second kappa shape index (κ2) is 6.30. The molecule has 2 N–H and O–H groups in total. The van der Waals surface area contributed by atoms with Crippen molar-refractivity contribution in [1.29, 1.82) is 0 Å². The van der Waals surface area contributed by atoms with Crippen LogP contribution in [0.25, 0.3) is 0 Å². The predicted octanol–water partition coefficient (Wildman–Crippen LogP) is 2.65. The lowest BCUT2D eigenvalue weighted by Crippen LogP contribution is -2.39. The molecule has 2 heterocycles. The van der Waals surface area contributed by atoms with E-state index in [1.165, 1.54) is 31.2 Å². The maximum atomic E-state index is 6.02. The first-order chi connectivity index (χ1) is 8.72. The zero-order valence-electron chi connectivity index (χ0n) is 11.6. The summed E-state index contributed by atoms with van der Waals surface area (Å²) in [6.07, 6.45) is 7.27. The minimum absolute atomic E-state index is 0.325. The van der Waals surface area contributed by atoms with Crippen LogP contribution in [-0.2, 0) is 0 Å². The molecule has 0 bridgehead atoms. The Labute approximate surface area is 110 Å². The van der Waals surface area contributed by atoms with Crippen LogP contribution in [0.5, 0.6) is 0 Å². The average molecular weight is 247 g/mol. The second-order valence-electron chi connectivity index (χ2n) is 5.42. The smallest absolute Gasteiger partial charge is 0.0488 e. The standard InChI is InChI=1S/C15H25N3/c1-12-7-8-14(11-17-12)15(10-16)18-9-5-3-4-6-13(18)2/h7-8,11,13,15H,3-6,9-10,16H2,1-2H3. The topological polar surface area (TPSA) is 42.1 Å². The van der Waals surface area contributed by atoms with Crippen LogP contribution in [-0.4, -0.2) is 29.0 Å². The van der Waals surface area contributed by atoms with Crippen molar-refractivity contribution in [3.63, 3.8) is 0 Å². The van der Waals surface area contributed by atoms with Gasteiger partial charge in [-0.3, -0.25) is 9.88 Å². The fourth-order valence-corrected chi connectivity index (χ4v) is 2.90. The van der Waals surface area contributed by atoms with E-state index < -0.39 is 0 Å². The molecule has 3 nitrogen and oxygen atoms in total. The molecular weight excluding hydrogens is 222 g/mol. The summed E-state index contributed by atoms with van der Waals surface area (Å²) >= 11 is 0. The summed E-state index contributed by atoms with van der Waals surface area (Å²) in [4.78, 5) is 6.98.